The van der Waals surface area contributed by atoms with Gasteiger partial charge in [0.25, 0.3) is 5.91 Å². The van der Waals surface area contributed by atoms with Crippen molar-refractivity contribution in [3.05, 3.63) is 28.2 Å². The van der Waals surface area contributed by atoms with Gasteiger partial charge in [-0.15, -0.1) is 0 Å². The van der Waals surface area contributed by atoms with E-state index in [9.17, 15) is 4.79 Å². The number of hydrogen-bond donors (Lipinski definition) is 2. The van der Waals surface area contributed by atoms with Crippen LogP contribution in [-0.2, 0) is 0 Å². The van der Waals surface area contributed by atoms with Crippen molar-refractivity contribution in [1.29, 1.82) is 0 Å². The number of amides is 1. The van der Waals surface area contributed by atoms with Crippen LogP contribution >= 0.6 is 27.7 Å². The average Bonchev–Trinajstić information content (AvgIpc) is 2.32. The second-order valence-electron chi connectivity index (χ2n) is 3.69. The number of rotatable bonds is 6. The zero-order valence-electron chi connectivity index (χ0n) is 9.83. The van der Waals surface area contributed by atoms with Gasteiger partial charge in [0.1, 0.15) is 0 Å². The summed E-state index contributed by atoms with van der Waals surface area (Å²) >= 11 is 5.14. The second kappa shape index (κ2) is 7.61. The van der Waals surface area contributed by atoms with Crippen molar-refractivity contribution in [2.45, 2.75) is 12.8 Å². The van der Waals surface area contributed by atoms with Crippen molar-refractivity contribution in [3.63, 3.8) is 0 Å². The number of hydrogen-bond acceptors (Lipinski definition) is 3. The van der Waals surface area contributed by atoms with Gasteiger partial charge in [-0.25, -0.2) is 0 Å². The molecule has 0 unspecified atom stereocenters. The molecule has 0 aliphatic carbocycles. The Hall–Kier alpha value is -0.680. The van der Waals surface area contributed by atoms with Gasteiger partial charge in [-0.1, -0.05) is 0 Å². The van der Waals surface area contributed by atoms with Crippen molar-refractivity contribution in [1.82, 2.24) is 5.32 Å². The summed E-state index contributed by atoms with van der Waals surface area (Å²) < 4.78 is 0.757. The molecular weight excluding hydrogens is 300 g/mol. The summed E-state index contributed by atoms with van der Waals surface area (Å²) in [6, 6.07) is 5.20. The topological polar surface area (TPSA) is 55.1 Å². The van der Waals surface area contributed by atoms with Gasteiger partial charge in [-0.3, -0.25) is 4.79 Å². The number of carbonyl (C=O) groups is 1. The third-order valence-electron chi connectivity index (χ3n) is 2.32. The molecule has 1 aromatic carbocycles. The summed E-state index contributed by atoms with van der Waals surface area (Å²) in [6.45, 7) is 0.724. The summed E-state index contributed by atoms with van der Waals surface area (Å²) in [7, 11) is 0. The van der Waals surface area contributed by atoms with Gasteiger partial charge < -0.3 is 11.1 Å². The number of nitrogens with two attached hydrogens (primary N) is 1. The summed E-state index contributed by atoms with van der Waals surface area (Å²) in [5, 5.41) is 2.89. The van der Waals surface area contributed by atoms with E-state index in [4.69, 9.17) is 5.73 Å². The van der Waals surface area contributed by atoms with Crippen molar-refractivity contribution in [3.8, 4) is 0 Å². The molecule has 94 valence electrons. The van der Waals surface area contributed by atoms with Gasteiger partial charge in [0.15, 0.2) is 0 Å². The fourth-order valence-electron chi connectivity index (χ4n) is 1.34. The Balaban J connectivity index is 2.39. The summed E-state index contributed by atoms with van der Waals surface area (Å²) in [6.07, 6.45) is 4.24. The molecule has 0 saturated heterocycles. The maximum absolute atomic E-state index is 11.8. The predicted octanol–water partition coefficient (Wildman–Crippen LogP) is 2.90. The molecule has 3 nitrogen and oxygen atoms in total. The first-order valence-corrected chi connectivity index (χ1v) is 7.66. The summed E-state index contributed by atoms with van der Waals surface area (Å²) in [4.78, 5) is 11.8. The number of thioether (sulfide) groups is 1. The smallest absolute Gasteiger partial charge is 0.251 e. The molecule has 0 radical (unpaired) electrons. The van der Waals surface area contributed by atoms with Gasteiger partial charge >= 0.3 is 0 Å². The number of halogens is 1. The Morgan fingerprint density at radius 2 is 2.24 bits per heavy atom. The van der Waals surface area contributed by atoms with E-state index in [0.29, 0.717) is 11.3 Å². The largest absolute Gasteiger partial charge is 0.398 e. The fraction of sp³-hybridized carbons (Fsp3) is 0.417. The number of unbranched alkanes of at least 4 members (excludes halogenated alkanes) is 1. The molecule has 17 heavy (non-hydrogen) atoms. The molecule has 3 N–H and O–H groups in total. The number of benzene rings is 1. The summed E-state index contributed by atoms with van der Waals surface area (Å²) in [5.41, 5.74) is 6.94. The highest BCUT2D eigenvalue weighted by Gasteiger charge is 2.06. The van der Waals surface area contributed by atoms with Gasteiger partial charge in [0, 0.05) is 22.3 Å². The molecule has 0 aliphatic rings. The Kier molecular flexibility index (Phi) is 6.44. The molecule has 0 saturated carbocycles. The molecule has 1 amide bonds. The monoisotopic (exact) mass is 316 g/mol. The fourth-order valence-corrected chi connectivity index (χ4v) is 2.22. The lowest BCUT2D eigenvalue weighted by Crippen LogP contribution is -2.24. The first-order chi connectivity index (χ1) is 8.15. The maximum atomic E-state index is 11.8. The van der Waals surface area contributed by atoms with E-state index in [1.807, 2.05) is 11.8 Å². The van der Waals surface area contributed by atoms with Crippen LogP contribution < -0.4 is 11.1 Å². The van der Waals surface area contributed by atoms with E-state index < -0.39 is 0 Å². The van der Waals surface area contributed by atoms with Crippen LogP contribution in [0.5, 0.6) is 0 Å². The third-order valence-corrected chi connectivity index (χ3v) is 3.71. The zero-order valence-corrected chi connectivity index (χ0v) is 12.2. The molecule has 0 aliphatic heterocycles. The average molecular weight is 317 g/mol. The maximum Gasteiger partial charge on any atom is 0.251 e. The Morgan fingerprint density at radius 3 is 2.88 bits per heavy atom. The van der Waals surface area contributed by atoms with Crippen molar-refractivity contribution in [2.75, 3.05) is 24.3 Å². The van der Waals surface area contributed by atoms with Gasteiger partial charge in [-0.2, -0.15) is 11.8 Å². The normalized spacial score (nSPS) is 10.2. The lowest BCUT2D eigenvalue weighted by molar-refractivity contribution is 0.0953. The quantitative estimate of drug-likeness (QED) is 0.626. The first-order valence-electron chi connectivity index (χ1n) is 5.47. The van der Waals surface area contributed by atoms with E-state index in [-0.39, 0.29) is 5.91 Å². The lowest BCUT2D eigenvalue weighted by atomic mass is 10.2. The first kappa shape index (κ1) is 14.4. The minimum atomic E-state index is -0.0464. The van der Waals surface area contributed by atoms with Gasteiger partial charge in [-0.05, 0) is 59.0 Å². The molecule has 0 atom stereocenters. The predicted molar refractivity (Wildman–Crippen MR) is 78.5 cm³/mol. The number of carbonyl (C=O) groups excluding carboxylic acids is 1. The molecule has 0 spiro atoms. The van der Waals surface area contributed by atoms with Crippen LogP contribution in [-0.4, -0.2) is 24.5 Å². The SMILES string of the molecule is CSCCCCNC(=O)c1ccc(N)c(Br)c1. The minimum absolute atomic E-state index is 0.0464. The Labute approximate surface area is 115 Å². The molecule has 0 bridgehead atoms. The minimum Gasteiger partial charge on any atom is -0.398 e. The van der Waals surface area contributed by atoms with Crippen LogP contribution in [0.15, 0.2) is 22.7 Å². The molecule has 1 aromatic rings. The standard InChI is InChI=1S/C12H17BrN2OS/c1-17-7-3-2-6-15-12(16)9-4-5-11(14)10(13)8-9/h4-5,8H,2-3,6-7,14H2,1H3,(H,15,16). The highest BCUT2D eigenvalue weighted by Crippen LogP contribution is 2.20. The molecule has 5 heteroatoms. The van der Waals surface area contributed by atoms with E-state index in [0.717, 1.165) is 29.6 Å². The van der Waals surface area contributed by atoms with Crippen LogP contribution in [0.4, 0.5) is 5.69 Å². The second-order valence-corrected chi connectivity index (χ2v) is 5.53. The third kappa shape index (κ3) is 5.00. The number of anilines is 1. The van der Waals surface area contributed by atoms with E-state index in [1.165, 1.54) is 0 Å². The molecule has 0 fully saturated rings. The van der Waals surface area contributed by atoms with Crippen molar-refractivity contribution < 1.29 is 4.79 Å². The van der Waals surface area contributed by atoms with Crippen LogP contribution in [0.1, 0.15) is 23.2 Å². The van der Waals surface area contributed by atoms with Crippen LogP contribution in [0, 0.1) is 0 Å². The highest BCUT2D eigenvalue weighted by atomic mass is 79.9. The van der Waals surface area contributed by atoms with Crippen molar-refractivity contribution in [2.24, 2.45) is 0 Å². The molecular formula is C12H17BrN2OS. The van der Waals surface area contributed by atoms with Crippen LogP contribution in [0.2, 0.25) is 0 Å². The van der Waals surface area contributed by atoms with Gasteiger partial charge in [0.05, 0.1) is 0 Å². The Bertz CT molecular complexity index is 385. The number of nitrogen functional groups attached to an aromatic ring is 1. The Morgan fingerprint density at radius 1 is 1.47 bits per heavy atom. The lowest BCUT2D eigenvalue weighted by Gasteiger charge is -2.06. The summed E-state index contributed by atoms with van der Waals surface area (Å²) in [5.74, 6) is 1.10. The van der Waals surface area contributed by atoms with E-state index >= 15 is 0 Å². The molecule has 0 heterocycles. The van der Waals surface area contributed by atoms with Crippen LogP contribution in [0.25, 0.3) is 0 Å². The highest BCUT2D eigenvalue weighted by molar-refractivity contribution is 9.10. The molecule has 0 aromatic heterocycles. The van der Waals surface area contributed by atoms with Gasteiger partial charge in [0.2, 0.25) is 0 Å². The van der Waals surface area contributed by atoms with E-state index in [2.05, 4.69) is 27.5 Å². The number of nitrogens with one attached hydrogen (secondary N) is 1. The molecule has 1 rings (SSSR count). The van der Waals surface area contributed by atoms with Crippen molar-refractivity contribution >= 4 is 39.3 Å². The zero-order chi connectivity index (χ0) is 12.7. The van der Waals surface area contributed by atoms with Crippen LogP contribution in [0.3, 0.4) is 0 Å². The van der Waals surface area contributed by atoms with E-state index in [1.54, 1.807) is 18.2 Å².